The van der Waals surface area contributed by atoms with Crippen LogP contribution >= 0.6 is 23.1 Å². The normalized spacial score (nSPS) is 15.7. The number of hydrogen-bond acceptors (Lipinski definition) is 8. The van der Waals surface area contributed by atoms with Gasteiger partial charge in [0.25, 0.3) is 0 Å². The van der Waals surface area contributed by atoms with Crippen molar-refractivity contribution in [3.8, 4) is 0 Å². The number of nitrogens with zero attached hydrogens (tertiary/aromatic N) is 2. The highest BCUT2D eigenvalue weighted by Gasteiger charge is 2.15. The fraction of sp³-hybridized carbons (Fsp3) is 0.692. The number of esters is 1. The van der Waals surface area contributed by atoms with Crippen molar-refractivity contribution in [1.29, 1.82) is 0 Å². The van der Waals surface area contributed by atoms with Crippen molar-refractivity contribution >= 4 is 40.0 Å². The van der Waals surface area contributed by atoms with Crippen LogP contribution in [-0.2, 0) is 14.3 Å². The summed E-state index contributed by atoms with van der Waals surface area (Å²) in [6, 6.07) is 0.491. The summed E-state index contributed by atoms with van der Waals surface area (Å²) in [5.74, 6) is -0.429. The number of aromatic nitrogens is 2. The molecular formula is C13H19N3O3S2. The minimum Gasteiger partial charge on any atom is -0.457 e. The fourth-order valence-electron chi connectivity index (χ4n) is 2.09. The molecule has 0 saturated heterocycles. The quantitative estimate of drug-likeness (QED) is 0.608. The van der Waals surface area contributed by atoms with E-state index in [2.05, 4.69) is 15.5 Å². The van der Waals surface area contributed by atoms with E-state index in [4.69, 9.17) is 4.74 Å². The smallest absolute Gasteiger partial charge is 0.316 e. The SMILES string of the molecule is CC(=O)COC(=O)CSc1nnc(NC2CCCCC2)s1. The number of thioether (sulfide) groups is 1. The largest absolute Gasteiger partial charge is 0.457 e. The zero-order valence-corrected chi connectivity index (χ0v) is 13.6. The second kappa shape index (κ2) is 8.33. The average Bonchev–Trinajstić information content (AvgIpc) is 2.91. The van der Waals surface area contributed by atoms with Gasteiger partial charge in [-0.1, -0.05) is 42.4 Å². The van der Waals surface area contributed by atoms with Crippen molar-refractivity contribution in [2.24, 2.45) is 0 Å². The predicted octanol–water partition coefficient (Wildman–Crippen LogP) is 2.51. The molecule has 1 fully saturated rings. The lowest BCUT2D eigenvalue weighted by atomic mass is 9.96. The zero-order valence-electron chi connectivity index (χ0n) is 12.0. The number of ether oxygens (including phenoxy) is 1. The molecule has 0 radical (unpaired) electrons. The molecule has 6 nitrogen and oxygen atoms in total. The highest BCUT2D eigenvalue weighted by atomic mass is 32.2. The molecule has 0 aliphatic heterocycles. The summed E-state index contributed by atoms with van der Waals surface area (Å²) < 4.78 is 5.51. The molecule has 116 valence electrons. The first-order valence-corrected chi connectivity index (χ1v) is 8.81. The number of hydrogen-bond donors (Lipinski definition) is 1. The maximum atomic E-state index is 11.4. The molecule has 1 aliphatic rings. The number of carbonyl (C=O) groups is 2. The van der Waals surface area contributed by atoms with Crippen LogP contribution in [-0.4, -0.2) is 40.4 Å². The Morgan fingerprint density at radius 2 is 2.10 bits per heavy atom. The van der Waals surface area contributed by atoms with E-state index in [1.165, 1.54) is 62.1 Å². The van der Waals surface area contributed by atoms with E-state index >= 15 is 0 Å². The standard InChI is InChI=1S/C13H19N3O3S2/c1-9(17)7-19-11(18)8-20-13-16-15-12(21-13)14-10-5-3-2-4-6-10/h10H,2-8H2,1H3,(H,14,15). The van der Waals surface area contributed by atoms with E-state index in [0.717, 1.165) is 9.47 Å². The van der Waals surface area contributed by atoms with E-state index in [9.17, 15) is 9.59 Å². The van der Waals surface area contributed by atoms with Gasteiger partial charge in [-0.05, 0) is 19.8 Å². The van der Waals surface area contributed by atoms with Gasteiger partial charge in [0, 0.05) is 6.04 Å². The van der Waals surface area contributed by atoms with Gasteiger partial charge < -0.3 is 10.1 Å². The molecular weight excluding hydrogens is 310 g/mol. The molecule has 1 aromatic heterocycles. The number of Topliss-reactive ketones (excluding diaryl/α,β-unsaturated/α-hetero) is 1. The first kappa shape index (κ1) is 16.2. The monoisotopic (exact) mass is 329 g/mol. The lowest BCUT2D eigenvalue weighted by Gasteiger charge is -2.21. The number of ketones is 1. The van der Waals surface area contributed by atoms with Crippen LogP contribution in [0.25, 0.3) is 0 Å². The third-order valence-corrected chi connectivity index (χ3v) is 5.05. The second-order valence-electron chi connectivity index (χ2n) is 5.00. The summed E-state index contributed by atoms with van der Waals surface area (Å²) in [7, 11) is 0. The summed E-state index contributed by atoms with van der Waals surface area (Å²) in [5, 5.41) is 12.3. The van der Waals surface area contributed by atoms with Crippen molar-refractivity contribution < 1.29 is 14.3 Å². The summed E-state index contributed by atoms with van der Waals surface area (Å²) in [6.45, 7) is 1.22. The summed E-state index contributed by atoms with van der Waals surface area (Å²) in [4.78, 5) is 22.1. The van der Waals surface area contributed by atoms with Crippen LogP contribution in [0.2, 0.25) is 0 Å². The number of carbonyl (C=O) groups excluding carboxylic acids is 2. The van der Waals surface area contributed by atoms with Crippen LogP contribution in [0, 0.1) is 0 Å². The number of rotatable bonds is 7. The van der Waals surface area contributed by atoms with E-state index < -0.39 is 5.97 Å². The van der Waals surface area contributed by atoms with Gasteiger partial charge in [0.1, 0.15) is 6.61 Å². The molecule has 0 atom stereocenters. The first-order valence-electron chi connectivity index (χ1n) is 7.01. The van der Waals surface area contributed by atoms with Crippen molar-refractivity contribution in [3.05, 3.63) is 0 Å². The highest BCUT2D eigenvalue weighted by Crippen LogP contribution is 2.28. The Morgan fingerprint density at radius 3 is 2.81 bits per heavy atom. The van der Waals surface area contributed by atoms with Crippen LogP contribution in [0.1, 0.15) is 39.0 Å². The van der Waals surface area contributed by atoms with Crippen LogP contribution in [0.4, 0.5) is 5.13 Å². The van der Waals surface area contributed by atoms with Gasteiger partial charge in [-0.15, -0.1) is 10.2 Å². The number of anilines is 1. The van der Waals surface area contributed by atoms with Gasteiger partial charge in [0.15, 0.2) is 10.1 Å². The zero-order chi connectivity index (χ0) is 15.1. The average molecular weight is 329 g/mol. The molecule has 1 aromatic rings. The Bertz CT molecular complexity index is 487. The highest BCUT2D eigenvalue weighted by molar-refractivity contribution is 8.01. The van der Waals surface area contributed by atoms with Gasteiger partial charge in [-0.3, -0.25) is 9.59 Å². The van der Waals surface area contributed by atoms with Crippen molar-refractivity contribution in [2.45, 2.75) is 49.4 Å². The van der Waals surface area contributed by atoms with E-state index in [1.54, 1.807) is 0 Å². The van der Waals surface area contributed by atoms with E-state index in [1.807, 2.05) is 0 Å². The first-order chi connectivity index (χ1) is 10.1. The lowest BCUT2D eigenvalue weighted by Crippen LogP contribution is -2.21. The molecule has 1 heterocycles. The minimum atomic E-state index is -0.410. The minimum absolute atomic E-state index is 0.144. The fourth-order valence-corrected chi connectivity index (χ4v) is 3.72. The van der Waals surface area contributed by atoms with Gasteiger partial charge in [0.05, 0.1) is 5.75 Å². The topological polar surface area (TPSA) is 81.2 Å². The van der Waals surface area contributed by atoms with Crippen LogP contribution < -0.4 is 5.32 Å². The van der Waals surface area contributed by atoms with Gasteiger partial charge in [-0.25, -0.2) is 0 Å². The van der Waals surface area contributed by atoms with E-state index in [-0.39, 0.29) is 18.1 Å². The summed E-state index contributed by atoms with van der Waals surface area (Å²) in [6.07, 6.45) is 6.21. The van der Waals surface area contributed by atoms with Crippen LogP contribution in [0.15, 0.2) is 4.34 Å². The molecule has 2 rings (SSSR count). The Labute approximate surface area is 132 Å². The van der Waals surface area contributed by atoms with Crippen molar-refractivity contribution in [3.63, 3.8) is 0 Å². The molecule has 21 heavy (non-hydrogen) atoms. The molecule has 0 amide bonds. The van der Waals surface area contributed by atoms with Gasteiger partial charge in [0.2, 0.25) is 5.13 Å². The summed E-state index contributed by atoms with van der Waals surface area (Å²) >= 11 is 2.73. The van der Waals surface area contributed by atoms with Gasteiger partial charge in [-0.2, -0.15) is 0 Å². The predicted molar refractivity (Wildman–Crippen MR) is 82.8 cm³/mol. The molecule has 0 bridgehead atoms. The van der Waals surface area contributed by atoms with Gasteiger partial charge >= 0.3 is 5.97 Å². The molecule has 0 unspecified atom stereocenters. The van der Waals surface area contributed by atoms with Crippen LogP contribution in [0.5, 0.6) is 0 Å². The lowest BCUT2D eigenvalue weighted by molar-refractivity contribution is -0.144. The Balaban J connectivity index is 1.72. The molecule has 0 spiro atoms. The maximum absolute atomic E-state index is 11.4. The van der Waals surface area contributed by atoms with Crippen molar-refractivity contribution in [1.82, 2.24) is 10.2 Å². The van der Waals surface area contributed by atoms with Crippen molar-refractivity contribution in [2.75, 3.05) is 17.7 Å². The van der Waals surface area contributed by atoms with Crippen LogP contribution in [0.3, 0.4) is 0 Å². The molecule has 0 aromatic carbocycles. The Morgan fingerprint density at radius 1 is 1.33 bits per heavy atom. The third kappa shape index (κ3) is 6.01. The summed E-state index contributed by atoms with van der Waals surface area (Å²) in [5.41, 5.74) is 0. The Kier molecular flexibility index (Phi) is 6.44. The second-order valence-corrected chi connectivity index (χ2v) is 7.20. The number of nitrogens with one attached hydrogen (secondary N) is 1. The molecule has 1 saturated carbocycles. The van der Waals surface area contributed by atoms with E-state index in [0.29, 0.717) is 6.04 Å². The Hall–Kier alpha value is -1.15. The molecule has 1 aliphatic carbocycles. The maximum Gasteiger partial charge on any atom is 0.316 e. The molecule has 1 N–H and O–H groups in total. The molecule has 8 heteroatoms. The third-order valence-electron chi connectivity index (χ3n) is 3.09.